The van der Waals surface area contributed by atoms with Crippen molar-refractivity contribution in [2.24, 2.45) is 0 Å². The highest BCUT2D eigenvalue weighted by molar-refractivity contribution is 7.99. The minimum Gasteiger partial charge on any atom is -0.489 e. The van der Waals surface area contributed by atoms with Gasteiger partial charge in [-0.15, -0.1) is 11.8 Å². The normalized spacial score (nSPS) is 19.9. The molecule has 0 saturated carbocycles. The molecule has 0 bridgehead atoms. The van der Waals surface area contributed by atoms with E-state index in [0.717, 1.165) is 23.7 Å². The molecule has 0 fully saturated rings. The average molecular weight is 284 g/mol. The maximum Gasteiger partial charge on any atom is 0.142 e. The molecule has 0 spiro atoms. The van der Waals surface area contributed by atoms with Crippen LogP contribution in [0, 0.1) is 0 Å². The highest BCUT2D eigenvalue weighted by atomic mass is 32.2. The van der Waals surface area contributed by atoms with Crippen LogP contribution in [0.1, 0.15) is 11.6 Å². The molecule has 4 heteroatoms. The molecule has 102 valence electrons. The molecule has 0 saturated heterocycles. The Kier molecular flexibility index (Phi) is 2.96. The first-order valence-corrected chi connectivity index (χ1v) is 7.88. The fraction of sp³-hybridized carbons (Fsp3) is 0.250. The lowest BCUT2D eigenvalue weighted by molar-refractivity contribution is 0.286. The molecule has 2 N–H and O–H groups in total. The number of thioether (sulfide) groups is 1. The minimum atomic E-state index is 0.212. The van der Waals surface area contributed by atoms with Crippen LogP contribution in [0.15, 0.2) is 47.4 Å². The minimum absolute atomic E-state index is 0.212. The molecule has 2 heterocycles. The lowest BCUT2D eigenvalue weighted by Gasteiger charge is -2.28. The van der Waals surface area contributed by atoms with E-state index in [1.54, 1.807) is 0 Å². The molecule has 20 heavy (non-hydrogen) atoms. The summed E-state index contributed by atoms with van der Waals surface area (Å²) in [6, 6.07) is 15.0. The molecule has 2 aliphatic heterocycles. The Morgan fingerprint density at radius 1 is 1.10 bits per heavy atom. The van der Waals surface area contributed by atoms with E-state index in [0.29, 0.717) is 6.61 Å². The second kappa shape index (κ2) is 4.94. The van der Waals surface area contributed by atoms with Gasteiger partial charge >= 0.3 is 0 Å². The molecule has 0 amide bonds. The summed E-state index contributed by atoms with van der Waals surface area (Å²) in [5.74, 6) is 2.08. The van der Waals surface area contributed by atoms with Crippen LogP contribution >= 0.6 is 11.8 Å². The summed E-state index contributed by atoms with van der Waals surface area (Å²) in [4.78, 5) is 1.34. The number of nitrogens with one attached hydrogen (secondary N) is 2. The van der Waals surface area contributed by atoms with Crippen LogP contribution in [-0.4, -0.2) is 18.9 Å². The van der Waals surface area contributed by atoms with Gasteiger partial charge in [-0.05, 0) is 29.8 Å². The number of para-hydroxylation sites is 2. The van der Waals surface area contributed by atoms with Crippen molar-refractivity contribution in [3.8, 4) is 5.75 Å². The maximum atomic E-state index is 5.85. The summed E-state index contributed by atoms with van der Waals surface area (Å²) < 4.78 is 5.85. The van der Waals surface area contributed by atoms with E-state index in [2.05, 4.69) is 34.9 Å². The van der Waals surface area contributed by atoms with E-state index < -0.39 is 0 Å². The summed E-state index contributed by atoms with van der Waals surface area (Å²) in [6.45, 7) is 1.71. The Morgan fingerprint density at radius 3 is 3.05 bits per heavy atom. The summed E-state index contributed by atoms with van der Waals surface area (Å²) in [6.07, 6.45) is 0. The third-order valence-corrected chi connectivity index (χ3v) is 4.78. The quantitative estimate of drug-likeness (QED) is 0.835. The molecule has 2 aliphatic rings. The van der Waals surface area contributed by atoms with Crippen LogP contribution < -0.4 is 15.4 Å². The first kappa shape index (κ1) is 12.0. The van der Waals surface area contributed by atoms with Crippen molar-refractivity contribution in [3.05, 3.63) is 48.0 Å². The first-order valence-electron chi connectivity index (χ1n) is 6.89. The summed E-state index contributed by atoms with van der Waals surface area (Å²) in [5, 5.41) is 7.03. The number of fused-ring (bicyclic) bond motifs is 2. The Hall–Kier alpha value is -1.81. The van der Waals surface area contributed by atoms with Gasteiger partial charge in [-0.2, -0.15) is 0 Å². The largest absolute Gasteiger partial charge is 0.489 e. The van der Waals surface area contributed by atoms with E-state index in [9.17, 15) is 0 Å². The van der Waals surface area contributed by atoms with Gasteiger partial charge < -0.3 is 15.4 Å². The predicted octanol–water partition coefficient (Wildman–Crippen LogP) is 3.75. The van der Waals surface area contributed by atoms with Crippen LogP contribution in [0.2, 0.25) is 0 Å². The van der Waals surface area contributed by atoms with E-state index in [1.807, 2.05) is 30.0 Å². The molecule has 4 rings (SSSR count). The highest BCUT2D eigenvalue weighted by Crippen LogP contribution is 2.37. The third-order valence-electron chi connectivity index (χ3n) is 3.70. The van der Waals surface area contributed by atoms with Gasteiger partial charge in [-0.3, -0.25) is 0 Å². The van der Waals surface area contributed by atoms with E-state index in [1.165, 1.54) is 16.1 Å². The van der Waals surface area contributed by atoms with Gasteiger partial charge in [-0.25, -0.2) is 0 Å². The van der Waals surface area contributed by atoms with Gasteiger partial charge in [0.25, 0.3) is 0 Å². The predicted molar refractivity (Wildman–Crippen MR) is 84.0 cm³/mol. The molecule has 0 aromatic heterocycles. The fourth-order valence-electron chi connectivity index (χ4n) is 2.67. The lowest BCUT2D eigenvalue weighted by Crippen LogP contribution is -2.24. The second-order valence-electron chi connectivity index (χ2n) is 5.03. The summed E-state index contributed by atoms with van der Waals surface area (Å²) >= 11 is 1.92. The zero-order valence-corrected chi connectivity index (χ0v) is 11.9. The van der Waals surface area contributed by atoms with E-state index in [-0.39, 0.29) is 6.04 Å². The molecule has 3 nitrogen and oxygen atoms in total. The topological polar surface area (TPSA) is 33.3 Å². The zero-order valence-electron chi connectivity index (χ0n) is 11.1. The van der Waals surface area contributed by atoms with E-state index >= 15 is 0 Å². The highest BCUT2D eigenvalue weighted by Gasteiger charge is 2.21. The van der Waals surface area contributed by atoms with Gasteiger partial charge in [0.2, 0.25) is 0 Å². The SMILES string of the molecule is c1ccc2c(c1)NC(c1ccc3c(c1)NCCS3)CO2. The molecule has 0 aliphatic carbocycles. The van der Waals surface area contributed by atoms with Crippen LogP contribution in [0.3, 0.4) is 0 Å². The fourth-order valence-corrected chi connectivity index (χ4v) is 3.54. The molecule has 2 aromatic rings. The van der Waals surface area contributed by atoms with Gasteiger partial charge in [0.15, 0.2) is 0 Å². The van der Waals surface area contributed by atoms with Gasteiger partial charge in [0, 0.05) is 22.9 Å². The number of hydrogen-bond donors (Lipinski definition) is 2. The number of ether oxygens (including phenoxy) is 1. The van der Waals surface area contributed by atoms with E-state index in [4.69, 9.17) is 4.74 Å². The van der Waals surface area contributed by atoms with Crippen LogP contribution in [-0.2, 0) is 0 Å². The third kappa shape index (κ3) is 2.10. The number of rotatable bonds is 1. The lowest BCUT2D eigenvalue weighted by atomic mass is 10.0. The van der Waals surface area contributed by atoms with Crippen LogP contribution in [0.25, 0.3) is 0 Å². The first-order chi connectivity index (χ1) is 9.90. The van der Waals surface area contributed by atoms with Crippen molar-refractivity contribution in [1.29, 1.82) is 0 Å². The monoisotopic (exact) mass is 284 g/mol. The van der Waals surface area contributed by atoms with Crippen molar-refractivity contribution >= 4 is 23.1 Å². The smallest absolute Gasteiger partial charge is 0.142 e. The Morgan fingerprint density at radius 2 is 2.05 bits per heavy atom. The average Bonchev–Trinajstić information content (AvgIpc) is 2.54. The summed E-state index contributed by atoms with van der Waals surface area (Å²) in [7, 11) is 0. The molecular formula is C16H16N2OS. The van der Waals surface area contributed by atoms with Crippen molar-refractivity contribution in [2.45, 2.75) is 10.9 Å². The van der Waals surface area contributed by atoms with Crippen molar-refractivity contribution in [3.63, 3.8) is 0 Å². The second-order valence-corrected chi connectivity index (χ2v) is 6.17. The number of anilines is 2. The van der Waals surface area contributed by atoms with Crippen LogP contribution in [0.4, 0.5) is 11.4 Å². The van der Waals surface area contributed by atoms with Crippen molar-refractivity contribution in [2.75, 3.05) is 29.5 Å². The van der Waals surface area contributed by atoms with Gasteiger partial charge in [0.05, 0.1) is 11.7 Å². The Bertz CT molecular complexity index is 644. The number of hydrogen-bond acceptors (Lipinski definition) is 4. The van der Waals surface area contributed by atoms with Crippen molar-refractivity contribution < 1.29 is 4.74 Å². The maximum absolute atomic E-state index is 5.85. The molecule has 2 aromatic carbocycles. The molecule has 1 atom stereocenters. The van der Waals surface area contributed by atoms with Gasteiger partial charge in [-0.1, -0.05) is 18.2 Å². The molecular weight excluding hydrogens is 268 g/mol. The zero-order chi connectivity index (χ0) is 13.4. The molecule has 1 unspecified atom stereocenters. The molecule has 0 radical (unpaired) electrons. The standard InChI is InChI=1S/C16H16N2OS/c1-2-4-15-12(3-1)18-14(10-19-15)11-5-6-16-13(9-11)17-7-8-20-16/h1-6,9,14,17-18H,7-8,10H2. The van der Waals surface area contributed by atoms with Gasteiger partial charge in [0.1, 0.15) is 12.4 Å². The Labute approximate surface area is 122 Å². The Balaban J connectivity index is 1.63. The van der Waals surface area contributed by atoms with Crippen molar-refractivity contribution in [1.82, 2.24) is 0 Å². The summed E-state index contributed by atoms with van der Waals surface area (Å²) in [5.41, 5.74) is 3.59. The number of benzene rings is 2. The van der Waals surface area contributed by atoms with Crippen LogP contribution in [0.5, 0.6) is 5.75 Å².